The van der Waals surface area contributed by atoms with E-state index in [1.54, 1.807) is 0 Å². The monoisotopic (exact) mass is 223 g/mol. The second kappa shape index (κ2) is 5.08. The average Bonchev–Trinajstić information content (AvgIpc) is 2.41. The van der Waals surface area contributed by atoms with Crippen LogP contribution in [0.15, 0.2) is 0 Å². The molecular formula is C15H29N. The van der Waals surface area contributed by atoms with Crippen LogP contribution in [0.4, 0.5) is 0 Å². The largest absolute Gasteiger partial charge is 0.328 e. The van der Waals surface area contributed by atoms with E-state index in [1.165, 1.54) is 38.5 Å². The summed E-state index contributed by atoms with van der Waals surface area (Å²) in [5.41, 5.74) is 6.23. The van der Waals surface area contributed by atoms with Gasteiger partial charge in [-0.2, -0.15) is 0 Å². The van der Waals surface area contributed by atoms with Crippen LogP contribution in [0.3, 0.4) is 0 Å². The highest BCUT2D eigenvalue weighted by molar-refractivity contribution is 4.95. The van der Waals surface area contributed by atoms with E-state index >= 15 is 0 Å². The summed E-state index contributed by atoms with van der Waals surface area (Å²) in [6, 6.07) is 0.469. The van der Waals surface area contributed by atoms with E-state index in [0.717, 1.165) is 29.6 Å². The van der Waals surface area contributed by atoms with Crippen LogP contribution >= 0.6 is 0 Å². The molecule has 2 saturated carbocycles. The van der Waals surface area contributed by atoms with E-state index in [0.29, 0.717) is 6.04 Å². The van der Waals surface area contributed by atoms with Crippen molar-refractivity contribution in [3.8, 4) is 0 Å². The van der Waals surface area contributed by atoms with Gasteiger partial charge in [0.15, 0.2) is 0 Å². The molecule has 2 bridgehead atoms. The van der Waals surface area contributed by atoms with Crippen LogP contribution in [0.5, 0.6) is 0 Å². The summed E-state index contributed by atoms with van der Waals surface area (Å²) < 4.78 is 0. The zero-order chi connectivity index (χ0) is 11.7. The molecule has 94 valence electrons. The quantitative estimate of drug-likeness (QED) is 0.770. The fraction of sp³-hybridized carbons (Fsp3) is 1.00. The average molecular weight is 223 g/mol. The van der Waals surface area contributed by atoms with E-state index in [4.69, 9.17) is 5.73 Å². The topological polar surface area (TPSA) is 26.0 Å². The molecule has 6 atom stereocenters. The summed E-state index contributed by atoms with van der Waals surface area (Å²) in [5.74, 6) is 4.92. The maximum atomic E-state index is 6.23. The van der Waals surface area contributed by atoms with Crippen molar-refractivity contribution in [1.82, 2.24) is 0 Å². The third kappa shape index (κ3) is 2.45. The van der Waals surface area contributed by atoms with E-state index in [9.17, 15) is 0 Å². The van der Waals surface area contributed by atoms with E-state index < -0.39 is 0 Å². The molecule has 0 aliphatic heterocycles. The SMILES string of the molecule is CCCC(N)CC1CC2CC(C)CC1C2C. The predicted octanol–water partition coefficient (Wildman–Crippen LogP) is 3.82. The van der Waals surface area contributed by atoms with Crippen molar-refractivity contribution in [2.45, 2.75) is 65.3 Å². The normalized spacial score (nSPS) is 44.6. The van der Waals surface area contributed by atoms with Crippen molar-refractivity contribution in [1.29, 1.82) is 0 Å². The van der Waals surface area contributed by atoms with Crippen LogP contribution < -0.4 is 5.73 Å². The van der Waals surface area contributed by atoms with Crippen LogP contribution in [0, 0.1) is 29.6 Å². The van der Waals surface area contributed by atoms with Crippen molar-refractivity contribution in [2.75, 3.05) is 0 Å². The lowest BCUT2D eigenvalue weighted by atomic mass is 9.73. The van der Waals surface area contributed by atoms with Gasteiger partial charge in [0.05, 0.1) is 0 Å². The molecule has 1 heteroatoms. The van der Waals surface area contributed by atoms with Gasteiger partial charge in [-0.25, -0.2) is 0 Å². The first-order chi connectivity index (χ1) is 7.61. The molecule has 0 aromatic rings. The van der Waals surface area contributed by atoms with E-state index in [2.05, 4.69) is 20.8 Å². The first kappa shape index (κ1) is 12.4. The molecule has 2 aliphatic rings. The highest BCUT2D eigenvalue weighted by Crippen LogP contribution is 2.53. The molecule has 0 aromatic heterocycles. The lowest BCUT2D eigenvalue weighted by molar-refractivity contribution is 0.173. The van der Waals surface area contributed by atoms with Crippen LogP contribution in [-0.2, 0) is 0 Å². The highest BCUT2D eigenvalue weighted by Gasteiger charge is 2.44. The van der Waals surface area contributed by atoms with Gasteiger partial charge in [0.2, 0.25) is 0 Å². The Morgan fingerprint density at radius 2 is 1.94 bits per heavy atom. The fourth-order valence-corrected chi connectivity index (χ4v) is 4.50. The lowest BCUT2D eigenvalue weighted by Gasteiger charge is -2.33. The maximum Gasteiger partial charge on any atom is 0.00414 e. The Morgan fingerprint density at radius 1 is 1.19 bits per heavy atom. The minimum Gasteiger partial charge on any atom is -0.328 e. The molecule has 0 saturated heterocycles. The maximum absolute atomic E-state index is 6.23. The molecule has 0 heterocycles. The van der Waals surface area contributed by atoms with Gasteiger partial charge in [0, 0.05) is 6.04 Å². The summed E-state index contributed by atoms with van der Waals surface area (Å²) in [7, 11) is 0. The van der Waals surface area contributed by atoms with Gasteiger partial charge < -0.3 is 5.73 Å². The molecule has 2 fully saturated rings. The molecule has 0 amide bonds. The number of hydrogen-bond donors (Lipinski definition) is 1. The Morgan fingerprint density at radius 3 is 2.62 bits per heavy atom. The molecule has 2 aliphatic carbocycles. The molecule has 16 heavy (non-hydrogen) atoms. The van der Waals surface area contributed by atoms with E-state index in [1.807, 2.05) is 0 Å². The second-order valence-electron chi connectivity index (χ2n) is 6.64. The Hall–Kier alpha value is -0.0400. The molecule has 2 rings (SSSR count). The van der Waals surface area contributed by atoms with Crippen LogP contribution in [-0.4, -0.2) is 6.04 Å². The van der Waals surface area contributed by atoms with Crippen molar-refractivity contribution < 1.29 is 0 Å². The molecule has 0 radical (unpaired) electrons. The molecule has 0 aromatic carbocycles. The van der Waals surface area contributed by atoms with Crippen LogP contribution in [0.2, 0.25) is 0 Å². The minimum absolute atomic E-state index is 0.469. The number of hydrogen-bond acceptors (Lipinski definition) is 1. The second-order valence-corrected chi connectivity index (χ2v) is 6.64. The Kier molecular flexibility index (Phi) is 3.94. The first-order valence-electron chi connectivity index (χ1n) is 7.37. The summed E-state index contributed by atoms with van der Waals surface area (Å²) in [4.78, 5) is 0. The zero-order valence-electron chi connectivity index (χ0n) is 11.3. The third-order valence-corrected chi connectivity index (χ3v) is 5.27. The zero-order valence-corrected chi connectivity index (χ0v) is 11.3. The Labute approximate surface area is 101 Å². The van der Waals surface area contributed by atoms with Gasteiger partial charge >= 0.3 is 0 Å². The molecule has 0 spiro atoms. The Balaban J connectivity index is 1.92. The molecule has 2 N–H and O–H groups in total. The number of fused-ring (bicyclic) bond motifs is 2. The summed E-state index contributed by atoms with van der Waals surface area (Å²) in [6.07, 6.45) is 8.20. The van der Waals surface area contributed by atoms with Crippen LogP contribution in [0.1, 0.15) is 59.3 Å². The predicted molar refractivity (Wildman–Crippen MR) is 70.1 cm³/mol. The number of rotatable bonds is 4. The summed E-state index contributed by atoms with van der Waals surface area (Å²) in [5, 5.41) is 0. The lowest BCUT2D eigenvalue weighted by Crippen LogP contribution is -2.28. The molecule has 6 unspecified atom stereocenters. The van der Waals surface area contributed by atoms with Gasteiger partial charge in [-0.15, -0.1) is 0 Å². The summed E-state index contributed by atoms with van der Waals surface area (Å²) >= 11 is 0. The van der Waals surface area contributed by atoms with Crippen molar-refractivity contribution in [3.63, 3.8) is 0 Å². The summed E-state index contributed by atoms with van der Waals surface area (Å²) in [6.45, 7) is 7.18. The van der Waals surface area contributed by atoms with Gasteiger partial charge in [0.1, 0.15) is 0 Å². The highest BCUT2D eigenvalue weighted by atomic mass is 14.6. The first-order valence-corrected chi connectivity index (χ1v) is 7.37. The van der Waals surface area contributed by atoms with Gasteiger partial charge in [0.25, 0.3) is 0 Å². The van der Waals surface area contributed by atoms with Crippen molar-refractivity contribution in [2.24, 2.45) is 35.3 Å². The van der Waals surface area contributed by atoms with Crippen molar-refractivity contribution >= 4 is 0 Å². The van der Waals surface area contributed by atoms with Gasteiger partial charge in [-0.05, 0) is 61.7 Å². The standard InChI is InChI=1S/C15H29N/c1-4-5-14(16)9-13-8-12-6-10(2)7-15(13)11(12)3/h10-15H,4-9,16H2,1-3H3. The third-order valence-electron chi connectivity index (χ3n) is 5.27. The van der Waals surface area contributed by atoms with Crippen LogP contribution in [0.25, 0.3) is 0 Å². The van der Waals surface area contributed by atoms with Gasteiger partial charge in [-0.1, -0.05) is 27.2 Å². The smallest absolute Gasteiger partial charge is 0.00414 e. The van der Waals surface area contributed by atoms with E-state index in [-0.39, 0.29) is 0 Å². The molecule has 1 nitrogen and oxygen atoms in total. The fourth-order valence-electron chi connectivity index (χ4n) is 4.50. The van der Waals surface area contributed by atoms with Gasteiger partial charge in [-0.3, -0.25) is 0 Å². The molecular weight excluding hydrogens is 194 g/mol. The van der Waals surface area contributed by atoms with Crippen molar-refractivity contribution in [3.05, 3.63) is 0 Å². The minimum atomic E-state index is 0.469. The Bertz CT molecular complexity index is 225. The number of nitrogens with two attached hydrogens (primary N) is 1.